The first kappa shape index (κ1) is 19.7. The van der Waals surface area contributed by atoms with Gasteiger partial charge in [0.25, 0.3) is 0 Å². The van der Waals surface area contributed by atoms with Gasteiger partial charge in [0.05, 0.1) is 0 Å². The summed E-state index contributed by atoms with van der Waals surface area (Å²) in [6.07, 6.45) is 5.08. The highest BCUT2D eigenvalue weighted by molar-refractivity contribution is 5.48. The molecule has 0 saturated carbocycles. The molecule has 1 saturated heterocycles. The van der Waals surface area contributed by atoms with Gasteiger partial charge in [-0.1, -0.05) is 24.3 Å². The van der Waals surface area contributed by atoms with E-state index in [2.05, 4.69) is 69.4 Å². The quantitative estimate of drug-likeness (QED) is 0.526. The second-order valence-electron chi connectivity index (χ2n) is 7.37. The van der Waals surface area contributed by atoms with Gasteiger partial charge >= 0.3 is 0 Å². The van der Waals surface area contributed by atoms with E-state index < -0.39 is 0 Å². The van der Waals surface area contributed by atoms with Gasteiger partial charge in [-0.25, -0.2) is 0 Å². The second-order valence-corrected chi connectivity index (χ2v) is 7.37. The van der Waals surface area contributed by atoms with Crippen LogP contribution in [-0.4, -0.2) is 33.2 Å². The SMILES string of the molecule is CNc1ccc(CNCCCCNCc2ccc(N3CCCC3)cc2)cc1. The van der Waals surface area contributed by atoms with Gasteiger partial charge in [-0.2, -0.15) is 0 Å². The molecule has 4 heteroatoms. The lowest BCUT2D eigenvalue weighted by Crippen LogP contribution is -2.19. The Morgan fingerprint density at radius 2 is 1.26 bits per heavy atom. The smallest absolute Gasteiger partial charge is 0.0366 e. The topological polar surface area (TPSA) is 39.3 Å². The predicted octanol–water partition coefficient (Wildman–Crippen LogP) is 3.99. The second kappa shape index (κ2) is 11.0. The number of anilines is 2. The zero-order chi connectivity index (χ0) is 18.7. The lowest BCUT2D eigenvalue weighted by Gasteiger charge is -2.17. The summed E-state index contributed by atoms with van der Waals surface area (Å²) in [5.74, 6) is 0. The van der Waals surface area contributed by atoms with E-state index in [9.17, 15) is 0 Å². The lowest BCUT2D eigenvalue weighted by molar-refractivity contribution is 0.582. The summed E-state index contributed by atoms with van der Waals surface area (Å²) < 4.78 is 0. The number of nitrogens with one attached hydrogen (secondary N) is 3. The Kier molecular flexibility index (Phi) is 8.00. The lowest BCUT2D eigenvalue weighted by atomic mass is 10.2. The van der Waals surface area contributed by atoms with E-state index in [0.29, 0.717) is 0 Å². The summed E-state index contributed by atoms with van der Waals surface area (Å²) in [6.45, 7) is 6.48. The van der Waals surface area contributed by atoms with Crippen LogP contribution in [-0.2, 0) is 13.1 Å². The molecule has 146 valence electrons. The normalized spacial score (nSPS) is 13.9. The fourth-order valence-electron chi connectivity index (χ4n) is 3.55. The van der Waals surface area contributed by atoms with Gasteiger partial charge in [-0.05, 0) is 74.2 Å². The first-order chi connectivity index (χ1) is 13.3. The molecule has 1 fully saturated rings. The summed E-state index contributed by atoms with van der Waals surface area (Å²) in [4.78, 5) is 2.49. The van der Waals surface area contributed by atoms with Crippen LogP contribution >= 0.6 is 0 Å². The maximum Gasteiger partial charge on any atom is 0.0366 e. The van der Waals surface area contributed by atoms with Crippen molar-refractivity contribution in [3.05, 3.63) is 59.7 Å². The zero-order valence-corrected chi connectivity index (χ0v) is 16.6. The van der Waals surface area contributed by atoms with Crippen molar-refractivity contribution in [2.24, 2.45) is 0 Å². The van der Waals surface area contributed by atoms with Crippen LogP contribution in [0.5, 0.6) is 0 Å². The molecule has 3 rings (SSSR count). The first-order valence-electron chi connectivity index (χ1n) is 10.4. The highest BCUT2D eigenvalue weighted by atomic mass is 15.1. The molecule has 4 nitrogen and oxygen atoms in total. The minimum absolute atomic E-state index is 0.945. The third-order valence-corrected chi connectivity index (χ3v) is 5.27. The molecule has 0 atom stereocenters. The minimum atomic E-state index is 0.945. The molecule has 1 heterocycles. The standard InChI is InChI=1S/C23H34N4/c1-24-22-10-6-20(7-11-22)18-25-14-2-3-15-26-19-21-8-12-23(13-9-21)27-16-4-5-17-27/h6-13,24-26H,2-5,14-19H2,1H3. The van der Waals surface area contributed by atoms with Gasteiger partial charge in [0.15, 0.2) is 0 Å². The minimum Gasteiger partial charge on any atom is -0.388 e. The number of unbranched alkanes of at least 4 members (excludes halogenated alkanes) is 1. The fourth-order valence-corrected chi connectivity index (χ4v) is 3.55. The van der Waals surface area contributed by atoms with Gasteiger partial charge in [-0.15, -0.1) is 0 Å². The van der Waals surface area contributed by atoms with Gasteiger partial charge < -0.3 is 20.9 Å². The van der Waals surface area contributed by atoms with Crippen molar-refractivity contribution in [3.63, 3.8) is 0 Å². The molecule has 2 aromatic rings. The van der Waals surface area contributed by atoms with Crippen molar-refractivity contribution in [2.75, 3.05) is 43.4 Å². The molecule has 1 aliphatic rings. The number of nitrogens with zero attached hydrogens (tertiary/aromatic N) is 1. The van der Waals surface area contributed by atoms with E-state index in [-0.39, 0.29) is 0 Å². The molecule has 0 radical (unpaired) electrons. The fraction of sp³-hybridized carbons (Fsp3) is 0.478. The van der Waals surface area contributed by atoms with E-state index in [0.717, 1.165) is 31.9 Å². The zero-order valence-electron chi connectivity index (χ0n) is 16.6. The molecule has 0 aromatic heterocycles. The average molecular weight is 367 g/mol. The van der Waals surface area contributed by atoms with Crippen LogP contribution in [0.3, 0.4) is 0 Å². The molecule has 1 aliphatic heterocycles. The number of benzene rings is 2. The summed E-state index contributed by atoms with van der Waals surface area (Å²) in [6, 6.07) is 17.7. The molecule has 0 amide bonds. The van der Waals surface area contributed by atoms with Crippen molar-refractivity contribution in [2.45, 2.75) is 38.8 Å². The van der Waals surface area contributed by atoms with Gasteiger partial charge in [0.2, 0.25) is 0 Å². The van der Waals surface area contributed by atoms with E-state index in [4.69, 9.17) is 0 Å². The Morgan fingerprint density at radius 3 is 1.78 bits per heavy atom. The molecular weight excluding hydrogens is 332 g/mol. The third-order valence-electron chi connectivity index (χ3n) is 5.27. The van der Waals surface area contributed by atoms with Crippen LogP contribution in [0.1, 0.15) is 36.8 Å². The Hall–Kier alpha value is -2.04. The van der Waals surface area contributed by atoms with Gasteiger partial charge in [-0.3, -0.25) is 0 Å². The molecular formula is C23H34N4. The molecule has 0 unspecified atom stereocenters. The largest absolute Gasteiger partial charge is 0.388 e. The predicted molar refractivity (Wildman–Crippen MR) is 117 cm³/mol. The van der Waals surface area contributed by atoms with E-state index in [1.807, 2.05) is 7.05 Å². The van der Waals surface area contributed by atoms with E-state index >= 15 is 0 Å². The van der Waals surface area contributed by atoms with Gasteiger partial charge in [0, 0.05) is 44.6 Å². The van der Waals surface area contributed by atoms with Crippen LogP contribution in [0.4, 0.5) is 11.4 Å². The van der Waals surface area contributed by atoms with Crippen LogP contribution in [0, 0.1) is 0 Å². The number of hydrogen-bond donors (Lipinski definition) is 3. The molecule has 0 aliphatic carbocycles. The first-order valence-corrected chi connectivity index (χ1v) is 10.4. The maximum absolute atomic E-state index is 3.56. The van der Waals surface area contributed by atoms with E-state index in [1.165, 1.54) is 55.6 Å². The summed E-state index contributed by atoms with van der Waals surface area (Å²) >= 11 is 0. The highest BCUT2D eigenvalue weighted by Gasteiger charge is 2.11. The molecule has 3 N–H and O–H groups in total. The van der Waals surface area contributed by atoms with Crippen LogP contribution in [0.2, 0.25) is 0 Å². The molecule has 27 heavy (non-hydrogen) atoms. The molecule has 0 bridgehead atoms. The molecule has 2 aromatic carbocycles. The third kappa shape index (κ3) is 6.56. The Bertz CT molecular complexity index is 645. The summed E-state index contributed by atoms with van der Waals surface area (Å²) in [5, 5.41) is 10.2. The maximum atomic E-state index is 3.56. The Labute approximate surface area is 164 Å². The van der Waals surface area contributed by atoms with Crippen LogP contribution in [0.15, 0.2) is 48.5 Å². The van der Waals surface area contributed by atoms with Crippen molar-refractivity contribution in [1.82, 2.24) is 10.6 Å². The van der Waals surface area contributed by atoms with Crippen molar-refractivity contribution in [1.29, 1.82) is 0 Å². The van der Waals surface area contributed by atoms with Gasteiger partial charge in [0.1, 0.15) is 0 Å². The van der Waals surface area contributed by atoms with Crippen LogP contribution < -0.4 is 20.9 Å². The van der Waals surface area contributed by atoms with Crippen molar-refractivity contribution < 1.29 is 0 Å². The Balaban J connectivity index is 1.22. The monoisotopic (exact) mass is 366 g/mol. The Morgan fingerprint density at radius 1 is 0.741 bits per heavy atom. The van der Waals surface area contributed by atoms with Crippen LogP contribution in [0.25, 0.3) is 0 Å². The van der Waals surface area contributed by atoms with Crippen molar-refractivity contribution in [3.8, 4) is 0 Å². The number of hydrogen-bond acceptors (Lipinski definition) is 4. The highest BCUT2D eigenvalue weighted by Crippen LogP contribution is 2.20. The van der Waals surface area contributed by atoms with E-state index in [1.54, 1.807) is 0 Å². The summed E-state index contributed by atoms with van der Waals surface area (Å²) in [7, 11) is 1.95. The summed E-state index contributed by atoms with van der Waals surface area (Å²) in [5.41, 5.74) is 5.25. The van der Waals surface area contributed by atoms with Crippen molar-refractivity contribution >= 4 is 11.4 Å². The molecule has 0 spiro atoms. The number of rotatable bonds is 11. The average Bonchev–Trinajstić information content (AvgIpc) is 3.26.